The van der Waals surface area contributed by atoms with E-state index >= 15 is 0 Å². The first-order chi connectivity index (χ1) is 32.7. The molecule has 0 bridgehead atoms. The molecule has 14 nitrogen and oxygen atoms in total. The van der Waals surface area contributed by atoms with E-state index in [-0.39, 0.29) is 48.4 Å². The van der Waals surface area contributed by atoms with E-state index in [2.05, 4.69) is 111 Å². The lowest BCUT2D eigenvalue weighted by molar-refractivity contribution is -0.173. The number of nitrogens with one attached hydrogen (secondary N) is 1. The maximum atomic E-state index is 14.3. The number of benzene rings is 3. The van der Waals surface area contributed by atoms with Gasteiger partial charge in [-0.25, -0.2) is 9.46 Å². The molecule has 1 unspecified atom stereocenters. The molecule has 1 aliphatic rings. The smallest absolute Gasteiger partial charge is 0.330 e. The molecule has 5 rings (SSSR count). The number of aryl methyl sites for hydroxylation is 1. The minimum Gasteiger partial charge on any atom is -0.497 e. The van der Waals surface area contributed by atoms with Gasteiger partial charge in [0.05, 0.1) is 46.5 Å². The van der Waals surface area contributed by atoms with Crippen molar-refractivity contribution in [1.82, 2.24) is 14.2 Å². The highest BCUT2D eigenvalue weighted by molar-refractivity contribution is 7.44. The van der Waals surface area contributed by atoms with Crippen LogP contribution in [-0.2, 0) is 33.0 Å². The summed E-state index contributed by atoms with van der Waals surface area (Å²) in [5.41, 5.74) is -1.31. The van der Waals surface area contributed by atoms with Crippen molar-refractivity contribution < 1.29 is 36.8 Å². The van der Waals surface area contributed by atoms with Gasteiger partial charge in [-0.2, -0.15) is 5.26 Å². The Morgan fingerprint density at radius 1 is 0.800 bits per heavy atom. The summed E-state index contributed by atoms with van der Waals surface area (Å²) in [7, 11) is -4.13. The van der Waals surface area contributed by atoms with Crippen LogP contribution in [0.15, 0.2) is 94.6 Å². The van der Waals surface area contributed by atoms with Gasteiger partial charge in [0.1, 0.15) is 34.9 Å². The second kappa shape index (κ2) is 22.8. The lowest BCUT2D eigenvalue weighted by atomic mass is 9.79. The highest BCUT2D eigenvalue weighted by atomic mass is 31.2. The second-order valence-corrected chi connectivity index (χ2v) is 32.8. The average molecular weight is 1020 g/mol. The monoisotopic (exact) mass is 1020 g/mol. The normalized spacial score (nSPS) is 19.7. The molecule has 5 atom stereocenters. The standard InChI is InChI=1S/C53H79N4O10PSi2/c1-37(2)57(38(3)4)68(63-33-21-32-54)66-46-45(67-70(16,17)51(9,10)11)48(56-34-39(5)47(58)55-49(56)59)65-52(46,36-64-69(14,15)50(6,7)8)35-62-53(40-22-19-18-20-23-40,41-24-28-43(60-12)29-25-41)42-26-30-44(61-13)31-27-42/h18-20,22-31,34,37-38,45-46,48H,21,33,35-36H2,1-17H3,(H,55,58,59)/t45-,46-,48-,52+,68?/m1/s1. The molecule has 4 aromatic rings. The summed E-state index contributed by atoms with van der Waals surface area (Å²) in [6.45, 7) is 31.6. The number of rotatable bonds is 22. The van der Waals surface area contributed by atoms with Crippen LogP contribution in [0.3, 0.4) is 0 Å². The van der Waals surface area contributed by atoms with Crippen LogP contribution in [0, 0.1) is 18.3 Å². The van der Waals surface area contributed by atoms with Crippen molar-refractivity contribution in [3.63, 3.8) is 0 Å². The van der Waals surface area contributed by atoms with Crippen LogP contribution in [0.4, 0.5) is 0 Å². The topological polar surface area (TPSA) is 156 Å². The number of aromatic nitrogens is 2. The van der Waals surface area contributed by atoms with Gasteiger partial charge in [-0.1, -0.05) is 96.1 Å². The quantitative estimate of drug-likeness (QED) is 0.0345. The van der Waals surface area contributed by atoms with Crippen LogP contribution < -0.4 is 20.7 Å². The fourth-order valence-corrected chi connectivity index (χ4v) is 12.2. The Morgan fingerprint density at radius 3 is 1.79 bits per heavy atom. The number of hydrogen-bond donors (Lipinski definition) is 1. The van der Waals surface area contributed by atoms with Crippen LogP contribution in [0.1, 0.15) is 104 Å². The zero-order valence-electron chi connectivity index (χ0n) is 44.7. The van der Waals surface area contributed by atoms with Gasteiger partial charge in [0.25, 0.3) is 14.1 Å². The van der Waals surface area contributed by atoms with Gasteiger partial charge in [-0.05, 0) is 112 Å². The minimum absolute atomic E-state index is 0.0417. The number of nitrogens with zero attached hydrogens (tertiary/aromatic N) is 3. The van der Waals surface area contributed by atoms with Crippen molar-refractivity contribution in [2.24, 2.45) is 0 Å². The predicted octanol–water partition coefficient (Wildman–Crippen LogP) is 11.2. The van der Waals surface area contributed by atoms with Gasteiger partial charge in [0.2, 0.25) is 0 Å². The van der Waals surface area contributed by atoms with Gasteiger partial charge in [-0.15, -0.1) is 0 Å². The van der Waals surface area contributed by atoms with Crippen molar-refractivity contribution in [2.75, 3.05) is 34.0 Å². The first-order valence-corrected chi connectivity index (χ1v) is 31.2. The van der Waals surface area contributed by atoms with Crippen LogP contribution in [0.5, 0.6) is 11.5 Å². The molecular formula is C53H79N4O10PSi2. The van der Waals surface area contributed by atoms with Crippen LogP contribution in [0.25, 0.3) is 0 Å². The Bertz CT molecular complexity index is 2430. The van der Waals surface area contributed by atoms with E-state index in [0.29, 0.717) is 17.1 Å². The van der Waals surface area contributed by atoms with Crippen LogP contribution in [-0.4, -0.2) is 94.8 Å². The third kappa shape index (κ3) is 12.4. The molecule has 0 saturated carbocycles. The Hall–Kier alpha value is -3.99. The van der Waals surface area contributed by atoms with Crippen molar-refractivity contribution in [2.45, 2.75) is 161 Å². The van der Waals surface area contributed by atoms with Gasteiger partial charge in [0, 0.05) is 23.8 Å². The molecule has 2 heterocycles. The Morgan fingerprint density at radius 2 is 1.31 bits per heavy atom. The molecule has 384 valence electrons. The van der Waals surface area contributed by atoms with Crippen molar-refractivity contribution >= 4 is 25.2 Å². The summed E-state index contributed by atoms with van der Waals surface area (Å²) in [6.07, 6.45) is -1.54. The Labute approximate surface area is 420 Å². The molecule has 0 spiro atoms. The number of hydrogen-bond acceptors (Lipinski definition) is 12. The van der Waals surface area contributed by atoms with Gasteiger partial charge >= 0.3 is 5.69 Å². The highest BCUT2D eigenvalue weighted by Gasteiger charge is 2.63. The molecule has 1 N–H and O–H groups in total. The molecule has 0 aliphatic carbocycles. The largest absolute Gasteiger partial charge is 0.497 e. The Balaban J connectivity index is 1.93. The van der Waals surface area contributed by atoms with Gasteiger partial charge < -0.3 is 36.8 Å². The molecule has 1 aliphatic heterocycles. The van der Waals surface area contributed by atoms with Crippen molar-refractivity contribution in [3.8, 4) is 17.6 Å². The molecule has 0 amide bonds. The summed E-state index contributed by atoms with van der Waals surface area (Å²) in [5.74, 6) is 1.35. The van der Waals surface area contributed by atoms with Crippen molar-refractivity contribution in [3.05, 3.63) is 128 Å². The minimum atomic E-state index is -2.80. The van der Waals surface area contributed by atoms with Gasteiger partial charge in [-0.3, -0.25) is 14.3 Å². The molecule has 1 fully saturated rings. The lowest BCUT2D eigenvalue weighted by Crippen LogP contribution is -2.58. The highest BCUT2D eigenvalue weighted by Crippen LogP contribution is 2.55. The molecule has 1 saturated heterocycles. The molecule has 0 radical (unpaired) electrons. The SMILES string of the molecule is COc1ccc(C(OC[C@@]2(CO[Si](C)(C)C(C)(C)C)O[C@@H](n3cc(C)c(=O)[nH]c3=O)[C@H](O[Si](C)(C)C(C)(C)C)[C@H]2OP(OCCC#N)N(C(C)C)C(C)C)(c2ccccc2)c2ccc(OC)cc2)cc1. The van der Waals surface area contributed by atoms with E-state index < -0.39 is 66.0 Å². The van der Waals surface area contributed by atoms with E-state index in [4.69, 9.17) is 36.8 Å². The van der Waals surface area contributed by atoms with E-state index in [1.165, 1.54) is 10.8 Å². The van der Waals surface area contributed by atoms with E-state index in [9.17, 15) is 14.9 Å². The fraction of sp³-hybridized carbons (Fsp3) is 0.566. The van der Waals surface area contributed by atoms with Crippen LogP contribution in [0.2, 0.25) is 36.3 Å². The maximum Gasteiger partial charge on any atom is 0.330 e. The summed E-state index contributed by atoms with van der Waals surface area (Å²) in [4.78, 5) is 29.9. The molecule has 1 aromatic heterocycles. The van der Waals surface area contributed by atoms with E-state index in [0.717, 1.165) is 16.7 Å². The van der Waals surface area contributed by atoms with Crippen LogP contribution >= 0.6 is 8.53 Å². The maximum absolute atomic E-state index is 14.3. The third-order valence-electron chi connectivity index (χ3n) is 14.2. The summed E-state index contributed by atoms with van der Waals surface area (Å²) < 4.78 is 59.6. The third-order valence-corrected chi connectivity index (χ3v) is 25.2. The van der Waals surface area contributed by atoms with Crippen molar-refractivity contribution in [1.29, 1.82) is 5.26 Å². The summed E-state index contributed by atoms with van der Waals surface area (Å²) in [5, 5.41) is 9.22. The molecule has 17 heteroatoms. The number of nitriles is 1. The molecule has 3 aromatic carbocycles. The average Bonchev–Trinajstić information content (AvgIpc) is 3.57. The summed E-state index contributed by atoms with van der Waals surface area (Å²) >= 11 is 0. The lowest BCUT2D eigenvalue weighted by Gasteiger charge is -2.46. The molecule has 70 heavy (non-hydrogen) atoms. The number of H-pyrrole nitrogens is 1. The number of ether oxygens (including phenoxy) is 4. The first-order valence-electron chi connectivity index (χ1n) is 24.2. The van der Waals surface area contributed by atoms with E-state index in [1.807, 2.05) is 78.9 Å². The predicted molar refractivity (Wildman–Crippen MR) is 282 cm³/mol. The summed E-state index contributed by atoms with van der Waals surface area (Å²) in [6, 6.07) is 27.8. The van der Waals surface area contributed by atoms with Gasteiger partial charge in [0.15, 0.2) is 22.9 Å². The second-order valence-electron chi connectivity index (χ2n) is 21.8. The number of aromatic amines is 1. The van der Waals surface area contributed by atoms with E-state index in [1.54, 1.807) is 21.1 Å². The number of methoxy groups -OCH3 is 2. The first kappa shape index (κ1) is 56.9. The Kier molecular flexibility index (Phi) is 18.6. The molecular weight excluding hydrogens is 940 g/mol. The zero-order valence-corrected chi connectivity index (χ0v) is 47.6. The zero-order chi connectivity index (χ0) is 52.0. The fourth-order valence-electron chi connectivity index (χ4n) is 8.10.